The van der Waals surface area contributed by atoms with Gasteiger partial charge in [0.15, 0.2) is 0 Å². The highest BCUT2D eigenvalue weighted by Crippen LogP contribution is 2.32. The van der Waals surface area contributed by atoms with Crippen molar-refractivity contribution in [3.63, 3.8) is 0 Å². The van der Waals surface area contributed by atoms with Gasteiger partial charge in [0.25, 0.3) is 0 Å². The summed E-state index contributed by atoms with van der Waals surface area (Å²) in [7, 11) is -2.21. The molecule has 1 N–H and O–H groups in total. The Bertz CT molecular complexity index is 1060. The Morgan fingerprint density at radius 2 is 2.03 bits per heavy atom. The number of thiol groups is 1. The number of amides is 1. The summed E-state index contributed by atoms with van der Waals surface area (Å²) >= 11 is 1.59. The Morgan fingerprint density at radius 1 is 1.23 bits per heavy atom. The van der Waals surface area contributed by atoms with Crippen LogP contribution in [0.15, 0.2) is 57.2 Å². The van der Waals surface area contributed by atoms with Crippen LogP contribution in [0.4, 0.5) is 16.4 Å². The second-order valence-corrected chi connectivity index (χ2v) is 8.19. The molecule has 3 rings (SSSR count). The van der Waals surface area contributed by atoms with Gasteiger partial charge in [-0.2, -0.15) is 4.98 Å². The first-order valence-electron chi connectivity index (χ1n) is 9.37. The molecular formula is C20H22N4O4S2. The molecule has 0 spiro atoms. The molecular weight excluding hydrogens is 424 g/mol. The molecule has 1 aromatic carbocycles. The zero-order valence-corrected chi connectivity index (χ0v) is 18.3. The monoisotopic (exact) mass is 446 g/mol. The normalized spacial score (nSPS) is 11.8. The zero-order chi connectivity index (χ0) is 21.3. The van der Waals surface area contributed by atoms with E-state index in [1.165, 1.54) is 0 Å². The first-order chi connectivity index (χ1) is 14.6. The minimum absolute atomic E-state index is 0.184. The Kier molecular flexibility index (Phi) is 7.75. The van der Waals surface area contributed by atoms with Crippen molar-refractivity contribution in [2.75, 3.05) is 18.5 Å². The van der Waals surface area contributed by atoms with Gasteiger partial charge in [0, 0.05) is 21.7 Å². The standard InChI is InChI=1S/C20H22N4O4S2/c1-3-11-28-18-16(17-6-5-12-29-17)13-21-19(23-18)22-14-7-9-15(10-8-14)30(26)24-20(25)27-4-2/h5-10,12-13,30H,3-4,11H2,1-2H3,(H,21,22,23). The highest BCUT2D eigenvalue weighted by molar-refractivity contribution is 7.75. The summed E-state index contributed by atoms with van der Waals surface area (Å²) in [6.07, 6.45) is 1.77. The summed E-state index contributed by atoms with van der Waals surface area (Å²) < 4.78 is 26.1. The molecule has 158 valence electrons. The van der Waals surface area contributed by atoms with Crippen molar-refractivity contribution < 1.29 is 18.5 Å². The predicted octanol–water partition coefficient (Wildman–Crippen LogP) is 4.92. The van der Waals surface area contributed by atoms with E-state index in [9.17, 15) is 9.00 Å². The van der Waals surface area contributed by atoms with Crippen LogP contribution in [0.3, 0.4) is 0 Å². The lowest BCUT2D eigenvalue weighted by molar-refractivity contribution is 0.164. The molecule has 30 heavy (non-hydrogen) atoms. The minimum atomic E-state index is -2.21. The van der Waals surface area contributed by atoms with E-state index in [-0.39, 0.29) is 6.61 Å². The van der Waals surface area contributed by atoms with Crippen LogP contribution in [0.5, 0.6) is 5.88 Å². The quantitative estimate of drug-likeness (QED) is 0.474. The number of rotatable bonds is 8. The van der Waals surface area contributed by atoms with Crippen LogP contribution in [0.25, 0.3) is 10.4 Å². The zero-order valence-electron chi connectivity index (χ0n) is 16.6. The van der Waals surface area contributed by atoms with Gasteiger partial charge >= 0.3 is 6.09 Å². The van der Waals surface area contributed by atoms with Crippen molar-refractivity contribution in [2.24, 2.45) is 4.36 Å². The second-order valence-electron chi connectivity index (χ2n) is 5.98. The number of carbonyl (C=O) groups excluding carboxylic acids is 1. The van der Waals surface area contributed by atoms with E-state index in [4.69, 9.17) is 4.74 Å². The largest absolute Gasteiger partial charge is 0.477 e. The second kappa shape index (κ2) is 10.7. The maximum Gasteiger partial charge on any atom is 0.441 e. The Balaban J connectivity index is 1.77. The third-order valence-electron chi connectivity index (χ3n) is 3.77. The smallest absolute Gasteiger partial charge is 0.441 e. The Labute approximate surface area is 180 Å². The number of nitrogens with one attached hydrogen (secondary N) is 1. The number of carbonyl (C=O) groups is 1. The molecule has 2 heterocycles. The van der Waals surface area contributed by atoms with Crippen LogP contribution >= 0.6 is 11.3 Å². The number of hydrogen-bond donors (Lipinski definition) is 2. The van der Waals surface area contributed by atoms with Gasteiger partial charge in [0.05, 0.1) is 29.4 Å². The first-order valence-corrected chi connectivity index (χ1v) is 11.5. The lowest BCUT2D eigenvalue weighted by atomic mass is 10.2. The molecule has 0 fully saturated rings. The van der Waals surface area contributed by atoms with E-state index in [0.29, 0.717) is 29.0 Å². The van der Waals surface area contributed by atoms with E-state index in [2.05, 4.69) is 24.4 Å². The molecule has 1 atom stereocenters. The molecule has 10 heteroatoms. The van der Waals surface area contributed by atoms with E-state index >= 15 is 0 Å². The fourth-order valence-corrected chi connectivity index (χ4v) is 3.88. The average molecular weight is 447 g/mol. The van der Waals surface area contributed by atoms with Gasteiger partial charge in [-0.05, 0) is 49.1 Å². The highest BCUT2D eigenvalue weighted by Gasteiger charge is 2.12. The molecule has 0 aliphatic heterocycles. The van der Waals surface area contributed by atoms with Gasteiger partial charge in [-0.1, -0.05) is 13.0 Å². The van der Waals surface area contributed by atoms with Crippen LogP contribution < -0.4 is 10.1 Å². The minimum Gasteiger partial charge on any atom is -0.477 e. The first kappa shape index (κ1) is 21.7. The van der Waals surface area contributed by atoms with Crippen LogP contribution in [0.1, 0.15) is 20.3 Å². The molecule has 0 saturated carbocycles. The average Bonchev–Trinajstić information content (AvgIpc) is 3.27. The number of nitrogens with zero attached hydrogens (tertiary/aromatic N) is 3. The third-order valence-corrected chi connectivity index (χ3v) is 5.76. The summed E-state index contributed by atoms with van der Waals surface area (Å²) in [5.74, 6) is 0.902. The molecule has 3 aromatic rings. The van der Waals surface area contributed by atoms with Crippen LogP contribution in [0.2, 0.25) is 0 Å². The third kappa shape index (κ3) is 5.77. The molecule has 0 saturated heterocycles. The van der Waals surface area contributed by atoms with Crippen molar-refractivity contribution >= 4 is 39.7 Å². The van der Waals surface area contributed by atoms with Gasteiger partial charge in [0.1, 0.15) is 0 Å². The van der Waals surface area contributed by atoms with Crippen molar-refractivity contribution in [3.05, 3.63) is 48.0 Å². The fourth-order valence-electron chi connectivity index (χ4n) is 2.42. The molecule has 2 aromatic heterocycles. The number of anilines is 2. The summed E-state index contributed by atoms with van der Waals surface area (Å²) in [6.45, 7) is 4.44. The lowest BCUT2D eigenvalue weighted by Crippen LogP contribution is -2.03. The van der Waals surface area contributed by atoms with Crippen molar-refractivity contribution in [1.82, 2.24) is 9.97 Å². The number of ether oxygens (including phenoxy) is 2. The van der Waals surface area contributed by atoms with Crippen molar-refractivity contribution in [2.45, 2.75) is 25.2 Å². The molecule has 8 nitrogen and oxygen atoms in total. The molecule has 1 amide bonds. The van der Waals surface area contributed by atoms with Crippen molar-refractivity contribution in [3.8, 4) is 16.3 Å². The lowest BCUT2D eigenvalue weighted by Gasteiger charge is -2.11. The number of hydrogen-bond acceptors (Lipinski definition) is 8. The topological polar surface area (TPSA) is 103 Å². The van der Waals surface area contributed by atoms with E-state index in [0.717, 1.165) is 16.9 Å². The van der Waals surface area contributed by atoms with Gasteiger partial charge in [-0.3, -0.25) is 0 Å². The van der Waals surface area contributed by atoms with Crippen LogP contribution in [-0.2, 0) is 15.3 Å². The van der Waals surface area contributed by atoms with Crippen LogP contribution in [-0.4, -0.2) is 33.5 Å². The van der Waals surface area contributed by atoms with Gasteiger partial charge in [0.2, 0.25) is 11.8 Å². The SMILES string of the molecule is CCCOc1nc(Nc2ccc([SH](=O)=NC(=O)OCC)cc2)ncc1-c1cccs1. The Morgan fingerprint density at radius 3 is 2.70 bits per heavy atom. The fraction of sp³-hybridized carbons (Fsp3) is 0.250. The van der Waals surface area contributed by atoms with E-state index < -0.39 is 16.7 Å². The maximum absolute atomic E-state index is 12.1. The number of thiophene rings is 1. The summed E-state index contributed by atoms with van der Waals surface area (Å²) in [5.41, 5.74) is 1.54. The molecule has 0 radical (unpaired) electrons. The molecule has 1 unspecified atom stereocenters. The molecule has 0 bridgehead atoms. The highest BCUT2D eigenvalue weighted by atomic mass is 32.2. The molecule has 0 aliphatic rings. The molecule has 0 aliphatic carbocycles. The summed E-state index contributed by atoms with van der Waals surface area (Å²) in [5, 5.41) is 5.10. The van der Waals surface area contributed by atoms with E-state index in [1.807, 2.05) is 24.4 Å². The number of benzene rings is 1. The van der Waals surface area contributed by atoms with Gasteiger partial charge in [-0.25, -0.2) is 14.0 Å². The predicted molar refractivity (Wildman–Crippen MR) is 118 cm³/mol. The summed E-state index contributed by atoms with van der Waals surface area (Å²) in [4.78, 5) is 21.7. The van der Waals surface area contributed by atoms with Gasteiger partial charge in [-0.15, -0.1) is 15.7 Å². The van der Waals surface area contributed by atoms with Crippen LogP contribution in [0, 0.1) is 0 Å². The van der Waals surface area contributed by atoms with Gasteiger partial charge < -0.3 is 14.8 Å². The van der Waals surface area contributed by atoms with Crippen molar-refractivity contribution in [1.29, 1.82) is 0 Å². The maximum atomic E-state index is 12.1. The Hall–Kier alpha value is -2.98. The summed E-state index contributed by atoms with van der Waals surface area (Å²) in [6, 6.07) is 10.6. The van der Waals surface area contributed by atoms with E-state index in [1.54, 1.807) is 48.7 Å². The number of aromatic nitrogens is 2.